The molecule has 7 heteroatoms. The largest absolute Gasteiger partial charge is 0.505 e. The molecule has 0 radical (unpaired) electrons. The van der Waals surface area contributed by atoms with Crippen molar-refractivity contribution < 1.29 is 19.4 Å². The molecule has 3 aromatic rings. The van der Waals surface area contributed by atoms with E-state index in [0.717, 1.165) is 17.2 Å². The van der Waals surface area contributed by atoms with E-state index >= 15 is 0 Å². The molecule has 4 rings (SSSR count). The third-order valence-corrected chi connectivity index (χ3v) is 4.93. The molecular formula is C22H23N3O4. The lowest BCUT2D eigenvalue weighted by Crippen LogP contribution is -2.18. The monoisotopic (exact) mass is 393 g/mol. The van der Waals surface area contributed by atoms with Crippen molar-refractivity contribution in [1.29, 1.82) is 0 Å². The fraction of sp³-hybridized carbons (Fsp3) is 0.318. The van der Waals surface area contributed by atoms with Gasteiger partial charge in [-0.25, -0.2) is 9.97 Å². The lowest BCUT2D eigenvalue weighted by atomic mass is 9.99. The van der Waals surface area contributed by atoms with Crippen molar-refractivity contribution in [2.24, 2.45) is 5.92 Å². The minimum Gasteiger partial charge on any atom is -0.505 e. The molecule has 1 amide bonds. The highest BCUT2D eigenvalue weighted by Crippen LogP contribution is 2.31. The molecule has 1 unspecified atom stereocenters. The molecule has 1 aliphatic rings. The molecular weight excluding hydrogens is 370 g/mol. The van der Waals surface area contributed by atoms with Crippen molar-refractivity contribution >= 4 is 22.4 Å². The van der Waals surface area contributed by atoms with Crippen LogP contribution in [0.5, 0.6) is 11.6 Å². The van der Waals surface area contributed by atoms with Crippen LogP contribution in [0.1, 0.15) is 30.8 Å². The van der Waals surface area contributed by atoms with Crippen LogP contribution in [0.25, 0.3) is 10.8 Å². The van der Waals surface area contributed by atoms with Gasteiger partial charge in [0.25, 0.3) is 5.91 Å². The third kappa shape index (κ3) is 4.30. The summed E-state index contributed by atoms with van der Waals surface area (Å²) in [5.41, 5.74) is 0.471. The highest BCUT2D eigenvalue weighted by atomic mass is 16.5. The Morgan fingerprint density at radius 3 is 2.90 bits per heavy atom. The van der Waals surface area contributed by atoms with E-state index in [0.29, 0.717) is 30.7 Å². The van der Waals surface area contributed by atoms with E-state index in [2.05, 4.69) is 29.1 Å². The zero-order valence-electron chi connectivity index (χ0n) is 16.4. The first-order valence-corrected chi connectivity index (χ1v) is 9.52. The molecule has 29 heavy (non-hydrogen) atoms. The lowest BCUT2D eigenvalue weighted by molar-refractivity contribution is 0.0340. The number of carbonyl (C=O) groups excluding carboxylic acids is 1. The summed E-state index contributed by atoms with van der Waals surface area (Å²) in [7, 11) is 0. The maximum Gasteiger partial charge on any atom is 0.278 e. The van der Waals surface area contributed by atoms with Crippen LogP contribution in [-0.2, 0) is 4.74 Å². The van der Waals surface area contributed by atoms with Crippen LogP contribution >= 0.6 is 0 Å². The van der Waals surface area contributed by atoms with Crippen LogP contribution in [-0.4, -0.2) is 39.8 Å². The Morgan fingerprint density at radius 2 is 2.14 bits per heavy atom. The van der Waals surface area contributed by atoms with Crippen LogP contribution in [0.3, 0.4) is 0 Å². The van der Waals surface area contributed by atoms with E-state index in [1.54, 1.807) is 18.3 Å². The van der Waals surface area contributed by atoms with Crippen molar-refractivity contribution in [2.45, 2.75) is 25.9 Å². The third-order valence-electron chi connectivity index (χ3n) is 4.93. The van der Waals surface area contributed by atoms with Crippen LogP contribution in [0.2, 0.25) is 0 Å². The molecule has 0 spiro atoms. The summed E-state index contributed by atoms with van der Waals surface area (Å²) in [4.78, 5) is 20.6. The number of nitrogens with one attached hydrogen (secondary N) is 1. The highest BCUT2D eigenvalue weighted by Gasteiger charge is 2.32. The number of amides is 1. The fourth-order valence-corrected chi connectivity index (χ4v) is 3.57. The second kappa shape index (κ2) is 7.67. The number of hydrogen-bond acceptors (Lipinski definition) is 6. The molecule has 0 aliphatic carbocycles. The van der Waals surface area contributed by atoms with Gasteiger partial charge in [-0.1, -0.05) is 0 Å². The number of ether oxygens (including phenoxy) is 2. The average Bonchev–Trinajstić information content (AvgIpc) is 3.05. The van der Waals surface area contributed by atoms with Crippen LogP contribution in [0.15, 0.2) is 48.8 Å². The van der Waals surface area contributed by atoms with E-state index < -0.39 is 5.91 Å². The quantitative estimate of drug-likeness (QED) is 0.685. The molecule has 2 N–H and O–H groups in total. The summed E-state index contributed by atoms with van der Waals surface area (Å²) in [5.74, 6) is 0.265. The number of aromatic hydroxyl groups is 1. The summed E-state index contributed by atoms with van der Waals surface area (Å²) >= 11 is 0. The number of pyridine rings is 2. The molecule has 2 aromatic heterocycles. The van der Waals surface area contributed by atoms with Crippen molar-refractivity contribution in [3.05, 3.63) is 54.5 Å². The standard InChI is InChI=1S/C22H23N3O4/c1-22(2)11-14(13-29-22)12-28-21-17-6-5-16(10-15(17)7-9-24-21)25-20(27)19-18(26)4-3-8-23-19/h3-10,14,26H,11-13H2,1-2H3,(H,25,27). The van der Waals surface area contributed by atoms with Crippen LogP contribution < -0.4 is 10.1 Å². The molecule has 1 saturated heterocycles. The van der Waals surface area contributed by atoms with Gasteiger partial charge in [0.05, 0.1) is 18.8 Å². The normalized spacial score (nSPS) is 17.9. The summed E-state index contributed by atoms with van der Waals surface area (Å²) in [6, 6.07) is 10.3. The van der Waals surface area contributed by atoms with Gasteiger partial charge in [-0.15, -0.1) is 0 Å². The van der Waals surface area contributed by atoms with Gasteiger partial charge in [0.2, 0.25) is 5.88 Å². The lowest BCUT2D eigenvalue weighted by Gasteiger charge is -2.16. The number of benzene rings is 1. The molecule has 1 fully saturated rings. The van der Waals surface area contributed by atoms with E-state index in [4.69, 9.17) is 9.47 Å². The minimum atomic E-state index is -0.475. The second-order valence-corrected chi connectivity index (χ2v) is 7.83. The number of fused-ring (bicyclic) bond motifs is 1. The van der Waals surface area contributed by atoms with E-state index in [1.807, 2.05) is 18.2 Å². The summed E-state index contributed by atoms with van der Waals surface area (Å²) in [6.45, 7) is 5.41. The van der Waals surface area contributed by atoms with Crippen LogP contribution in [0.4, 0.5) is 5.69 Å². The highest BCUT2D eigenvalue weighted by molar-refractivity contribution is 6.05. The Kier molecular flexibility index (Phi) is 5.07. The Labute approximate surface area is 168 Å². The molecule has 1 aliphatic heterocycles. The van der Waals surface area contributed by atoms with Gasteiger partial charge in [0, 0.05) is 29.4 Å². The summed E-state index contributed by atoms with van der Waals surface area (Å²) in [5, 5.41) is 14.3. The first kappa shape index (κ1) is 19.1. The smallest absolute Gasteiger partial charge is 0.278 e. The van der Waals surface area contributed by atoms with Gasteiger partial charge in [-0.3, -0.25) is 4.79 Å². The van der Waals surface area contributed by atoms with Gasteiger partial charge in [0.15, 0.2) is 5.69 Å². The van der Waals surface area contributed by atoms with Crippen molar-refractivity contribution in [3.63, 3.8) is 0 Å². The minimum absolute atomic E-state index is 0.0203. The molecule has 1 atom stereocenters. The Bertz CT molecular complexity index is 1050. The predicted octanol–water partition coefficient (Wildman–Crippen LogP) is 3.78. The van der Waals surface area contributed by atoms with Crippen molar-refractivity contribution in [1.82, 2.24) is 9.97 Å². The van der Waals surface area contributed by atoms with Gasteiger partial charge in [-0.05, 0) is 62.1 Å². The number of carbonyl (C=O) groups is 1. The number of hydrogen-bond donors (Lipinski definition) is 2. The second-order valence-electron chi connectivity index (χ2n) is 7.83. The number of nitrogens with zero attached hydrogens (tertiary/aromatic N) is 2. The zero-order chi connectivity index (χ0) is 20.4. The number of anilines is 1. The van der Waals surface area contributed by atoms with Crippen LogP contribution in [0, 0.1) is 5.92 Å². The first-order chi connectivity index (χ1) is 13.9. The van der Waals surface area contributed by atoms with Gasteiger partial charge < -0.3 is 19.9 Å². The maximum atomic E-state index is 12.4. The van der Waals surface area contributed by atoms with Crippen molar-refractivity contribution in [3.8, 4) is 11.6 Å². The van der Waals surface area contributed by atoms with E-state index in [1.165, 1.54) is 12.3 Å². The molecule has 3 heterocycles. The predicted molar refractivity (Wildman–Crippen MR) is 109 cm³/mol. The van der Waals surface area contributed by atoms with Gasteiger partial charge in [-0.2, -0.15) is 0 Å². The Balaban J connectivity index is 1.49. The Morgan fingerprint density at radius 1 is 1.28 bits per heavy atom. The SMILES string of the molecule is CC1(C)CC(COc2nccc3cc(NC(=O)c4ncccc4O)ccc23)CO1. The molecule has 7 nitrogen and oxygen atoms in total. The zero-order valence-corrected chi connectivity index (χ0v) is 16.4. The maximum absolute atomic E-state index is 12.4. The van der Waals surface area contributed by atoms with E-state index in [-0.39, 0.29) is 17.0 Å². The topological polar surface area (TPSA) is 93.6 Å². The van der Waals surface area contributed by atoms with E-state index in [9.17, 15) is 9.90 Å². The van der Waals surface area contributed by atoms with Crippen molar-refractivity contribution in [2.75, 3.05) is 18.5 Å². The first-order valence-electron chi connectivity index (χ1n) is 9.52. The van der Waals surface area contributed by atoms with Gasteiger partial charge >= 0.3 is 0 Å². The van der Waals surface area contributed by atoms with Gasteiger partial charge in [0.1, 0.15) is 5.75 Å². The molecule has 1 aromatic carbocycles. The number of aromatic nitrogens is 2. The molecule has 0 saturated carbocycles. The molecule has 150 valence electrons. The summed E-state index contributed by atoms with van der Waals surface area (Å²) < 4.78 is 11.7. The fourth-order valence-electron chi connectivity index (χ4n) is 3.57. The Hall–Kier alpha value is -3.19. The number of rotatable bonds is 5. The average molecular weight is 393 g/mol. The molecule has 0 bridgehead atoms. The summed E-state index contributed by atoms with van der Waals surface area (Å²) in [6.07, 6.45) is 4.10.